The molecule has 0 aliphatic heterocycles. The summed E-state index contributed by atoms with van der Waals surface area (Å²) in [6.07, 6.45) is 1.94. The molecular formula is C12H15N3O4S. The lowest BCUT2D eigenvalue weighted by Crippen LogP contribution is -2.32. The molecule has 1 unspecified atom stereocenters. The van der Waals surface area contributed by atoms with Crippen LogP contribution in [0.15, 0.2) is 23.2 Å². The van der Waals surface area contributed by atoms with Crippen LogP contribution in [0.5, 0.6) is 0 Å². The predicted molar refractivity (Wildman–Crippen MR) is 70.2 cm³/mol. The first-order chi connectivity index (χ1) is 9.35. The number of pyridine rings is 1. The Morgan fingerprint density at radius 1 is 1.55 bits per heavy atom. The normalized spacial score (nSPS) is 12.6. The standard InChI is InChI=1S/C12H15N3O4S/c1-9(3-2-4-12(16)17)15-20(18,19)11-6-5-10(7-13)14-8-11/h5-6,8-9,15H,2-4H2,1H3,(H,16,17). The van der Waals surface area contributed by atoms with Crippen molar-refractivity contribution >= 4 is 16.0 Å². The molecule has 8 heteroatoms. The van der Waals surface area contributed by atoms with E-state index in [4.69, 9.17) is 10.4 Å². The Morgan fingerprint density at radius 2 is 2.25 bits per heavy atom. The van der Waals surface area contributed by atoms with E-state index < -0.39 is 16.0 Å². The molecule has 1 aromatic rings. The third-order valence-corrected chi connectivity index (χ3v) is 4.12. The van der Waals surface area contributed by atoms with E-state index in [0.29, 0.717) is 12.8 Å². The molecule has 0 radical (unpaired) electrons. The molecule has 1 rings (SSSR count). The monoisotopic (exact) mass is 297 g/mol. The van der Waals surface area contributed by atoms with Crippen molar-refractivity contribution in [1.29, 1.82) is 5.26 Å². The number of nitriles is 1. The first-order valence-electron chi connectivity index (χ1n) is 5.95. The highest BCUT2D eigenvalue weighted by Crippen LogP contribution is 2.10. The number of carboxylic acids is 1. The second-order valence-electron chi connectivity index (χ2n) is 4.30. The highest BCUT2D eigenvalue weighted by Gasteiger charge is 2.17. The number of aromatic nitrogens is 1. The molecule has 1 heterocycles. The van der Waals surface area contributed by atoms with E-state index in [0.717, 1.165) is 6.20 Å². The van der Waals surface area contributed by atoms with Crippen molar-refractivity contribution in [3.63, 3.8) is 0 Å². The maximum absolute atomic E-state index is 12.0. The lowest BCUT2D eigenvalue weighted by Gasteiger charge is -2.13. The molecule has 2 N–H and O–H groups in total. The quantitative estimate of drug-likeness (QED) is 0.770. The minimum Gasteiger partial charge on any atom is -0.481 e. The van der Waals surface area contributed by atoms with Gasteiger partial charge in [-0.25, -0.2) is 18.1 Å². The molecule has 0 saturated heterocycles. The summed E-state index contributed by atoms with van der Waals surface area (Å²) in [6.45, 7) is 1.66. The summed E-state index contributed by atoms with van der Waals surface area (Å²) >= 11 is 0. The maximum atomic E-state index is 12.0. The van der Waals surface area contributed by atoms with E-state index in [1.807, 2.05) is 0 Å². The Bertz CT molecular complexity index is 605. The van der Waals surface area contributed by atoms with Gasteiger partial charge in [-0.3, -0.25) is 4.79 Å². The largest absolute Gasteiger partial charge is 0.481 e. The first kappa shape index (κ1) is 16.1. The van der Waals surface area contributed by atoms with Crippen LogP contribution in [0.25, 0.3) is 0 Å². The minimum atomic E-state index is -3.70. The van der Waals surface area contributed by atoms with Crippen LogP contribution in [0.3, 0.4) is 0 Å². The van der Waals surface area contributed by atoms with E-state index in [2.05, 4.69) is 9.71 Å². The van der Waals surface area contributed by atoms with E-state index in [9.17, 15) is 13.2 Å². The van der Waals surface area contributed by atoms with Crippen LogP contribution in [-0.2, 0) is 14.8 Å². The molecule has 1 aromatic heterocycles. The number of nitrogens with one attached hydrogen (secondary N) is 1. The highest BCUT2D eigenvalue weighted by atomic mass is 32.2. The van der Waals surface area contributed by atoms with Gasteiger partial charge in [-0.15, -0.1) is 0 Å². The van der Waals surface area contributed by atoms with Crippen LogP contribution in [0.4, 0.5) is 0 Å². The van der Waals surface area contributed by atoms with E-state index in [1.165, 1.54) is 12.1 Å². The van der Waals surface area contributed by atoms with Crippen molar-refractivity contribution < 1.29 is 18.3 Å². The Kier molecular flexibility index (Phi) is 5.61. The zero-order valence-electron chi connectivity index (χ0n) is 10.9. The number of carboxylic acid groups (broad SMARTS) is 1. The molecule has 0 spiro atoms. The lowest BCUT2D eigenvalue weighted by molar-refractivity contribution is -0.137. The molecule has 7 nitrogen and oxygen atoms in total. The molecule has 0 bridgehead atoms. The third-order valence-electron chi connectivity index (χ3n) is 2.55. The average molecular weight is 297 g/mol. The summed E-state index contributed by atoms with van der Waals surface area (Å²) in [4.78, 5) is 14.0. The van der Waals surface area contributed by atoms with Crippen molar-refractivity contribution in [3.05, 3.63) is 24.0 Å². The van der Waals surface area contributed by atoms with Gasteiger partial charge in [-0.2, -0.15) is 5.26 Å². The molecule has 20 heavy (non-hydrogen) atoms. The Hall–Kier alpha value is -1.98. The number of hydrogen-bond acceptors (Lipinski definition) is 5. The number of rotatable bonds is 7. The maximum Gasteiger partial charge on any atom is 0.303 e. The number of carbonyl (C=O) groups is 1. The summed E-state index contributed by atoms with van der Waals surface area (Å²) in [7, 11) is -3.70. The van der Waals surface area contributed by atoms with Crippen molar-refractivity contribution in [2.24, 2.45) is 0 Å². The third kappa shape index (κ3) is 4.95. The fraction of sp³-hybridized carbons (Fsp3) is 0.417. The minimum absolute atomic E-state index is 0.00445. The summed E-state index contributed by atoms with van der Waals surface area (Å²) in [5.74, 6) is -0.906. The fourth-order valence-electron chi connectivity index (χ4n) is 1.56. The smallest absolute Gasteiger partial charge is 0.303 e. The zero-order chi connectivity index (χ0) is 15.2. The first-order valence-corrected chi connectivity index (χ1v) is 7.44. The number of hydrogen-bond donors (Lipinski definition) is 2. The van der Waals surface area contributed by atoms with Gasteiger partial charge in [0, 0.05) is 18.7 Å². The second kappa shape index (κ2) is 6.98. The Balaban J connectivity index is 2.64. The van der Waals surface area contributed by atoms with Gasteiger partial charge < -0.3 is 5.11 Å². The van der Waals surface area contributed by atoms with E-state index in [-0.39, 0.29) is 23.1 Å². The number of nitrogens with zero attached hydrogens (tertiary/aromatic N) is 2. The zero-order valence-corrected chi connectivity index (χ0v) is 11.7. The molecule has 0 amide bonds. The van der Waals surface area contributed by atoms with Crippen LogP contribution < -0.4 is 4.72 Å². The van der Waals surface area contributed by atoms with Crippen LogP contribution in [0, 0.1) is 11.3 Å². The van der Waals surface area contributed by atoms with Gasteiger partial charge in [0.25, 0.3) is 0 Å². The van der Waals surface area contributed by atoms with Gasteiger partial charge in [-0.05, 0) is 31.9 Å². The molecule has 0 aromatic carbocycles. The van der Waals surface area contributed by atoms with Crippen LogP contribution in [0.2, 0.25) is 0 Å². The summed E-state index contributed by atoms with van der Waals surface area (Å²) in [6, 6.07) is 4.05. The van der Waals surface area contributed by atoms with Crippen molar-refractivity contribution in [1.82, 2.24) is 9.71 Å². The van der Waals surface area contributed by atoms with Gasteiger partial charge in [0.15, 0.2) is 0 Å². The molecular weight excluding hydrogens is 282 g/mol. The molecule has 108 valence electrons. The topological polar surface area (TPSA) is 120 Å². The van der Waals surface area contributed by atoms with Crippen LogP contribution >= 0.6 is 0 Å². The van der Waals surface area contributed by atoms with Gasteiger partial charge >= 0.3 is 5.97 Å². The van der Waals surface area contributed by atoms with Crippen molar-refractivity contribution in [2.45, 2.75) is 37.1 Å². The fourth-order valence-corrected chi connectivity index (χ4v) is 2.78. The van der Waals surface area contributed by atoms with E-state index in [1.54, 1.807) is 13.0 Å². The van der Waals surface area contributed by atoms with Gasteiger partial charge in [0.05, 0.1) is 0 Å². The summed E-state index contributed by atoms with van der Waals surface area (Å²) < 4.78 is 26.4. The lowest BCUT2D eigenvalue weighted by atomic mass is 10.1. The molecule has 1 atom stereocenters. The number of aliphatic carboxylic acids is 1. The van der Waals surface area contributed by atoms with Gasteiger partial charge in [0.1, 0.15) is 16.7 Å². The molecule has 0 saturated carbocycles. The van der Waals surface area contributed by atoms with Crippen molar-refractivity contribution in [2.75, 3.05) is 0 Å². The SMILES string of the molecule is CC(CCCC(=O)O)NS(=O)(=O)c1ccc(C#N)nc1. The number of sulfonamides is 1. The Morgan fingerprint density at radius 3 is 2.75 bits per heavy atom. The van der Waals surface area contributed by atoms with Crippen LogP contribution in [-0.4, -0.2) is 30.5 Å². The van der Waals surface area contributed by atoms with Crippen molar-refractivity contribution in [3.8, 4) is 6.07 Å². The summed E-state index contributed by atoms with van der Waals surface area (Å²) in [5, 5.41) is 17.1. The predicted octanol–water partition coefficient (Wildman–Crippen LogP) is 0.875. The summed E-state index contributed by atoms with van der Waals surface area (Å²) in [5.41, 5.74) is 0.137. The molecule has 0 fully saturated rings. The van der Waals surface area contributed by atoms with Gasteiger partial charge in [0.2, 0.25) is 10.0 Å². The van der Waals surface area contributed by atoms with Gasteiger partial charge in [-0.1, -0.05) is 0 Å². The highest BCUT2D eigenvalue weighted by molar-refractivity contribution is 7.89. The van der Waals surface area contributed by atoms with E-state index >= 15 is 0 Å². The Labute approximate surface area is 117 Å². The molecule has 0 aliphatic carbocycles. The van der Waals surface area contributed by atoms with Crippen LogP contribution in [0.1, 0.15) is 31.9 Å². The molecule has 0 aliphatic rings. The second-order valence-corrected chi connectivity index (χ2v) is 6.01. The average Bonchev–Trinajstić information content (AvgIpc) is 2.37.